The highest BCUT2D eigenvalue weighted by atomic mass is 16.5. The quantitative estimate of drug-likeness (QED) is 0.569. The number of hydrogen-bond donors (Lipinski definition) is 1. The number of esters is 1. The number of carbonyl (C=O) groups is 2. The monoisotopic (exact) mass is 266 g/mol. The highest BCUT2D eigenvalue weighted by molar-refractivity contribution is 6.68. The molecular weight excluding hydrogens is 247 g/mol. The SMILES string of the molecule is COC(=O)C(NC(=O)CB(C)C#N)C1CCOCC1. The molecule has 0 radical (unpaired) electrons. The molecule has 1 aliphatic rings. The number of hydrogen-bond acceptors (Lipinski definition) is 5. The van der Waals surface area contributed by atoms with Crippen molar-refractivity contribution in [3.05, 3.63) is 0 Å². The van der Waals surface area contributed by atoms with E-state index < -0.39 is 12.0 Å². The van der Waals surface area contributed by atoms with Crippen molar-refractivity contribution in [1.29, 1.82) is 5.26 Å². The Morgan fingerprint density at radius 3 is 2.68 bits per heavy atom. The highest BCUT2D eigenvalue weighted by Gasteiger charge is 2.32. The van der Waals surface area contributed by atoms with E-state index in [2.05, 4.69) is 5.32 Å². The number of methoxy groups -OCH3 is 1. The van der Waals surface area contributed by atoms with Crippen LogP contribution >= 0.6 is 0 Å². The van der Waals surface area contributed by atoms with Crippen LogP contribution in [-0.2, 0) is 19.1 Å². The fourth-order valence-corrected chi connectivity index (χ4v) is 2.10. The zero-order chi connectivity index (χ0) is 14.3. The van der Waals surface area contributed by atoms with E-state index in [0.717, 1.165) is 0 Å². The summed E-state index contributed by atoms with van der Waals surface area (Å²) in [5.74, 6) is 1.29. The molecular formula is C12H19BN2O4. The third-order valence-electron chi connectivity index (χ3n) is 3.22. The smallest absolute Gasteiger partial charge is 0.328 e. The predicted molar refractivity (Wildman–Crippen MR) is 69.5 cm³/mol. The first-order valence-electron chi connectivity index (χ1n) is 6.43. The lowest BCUT2D eigenvalue weighted by Gasteiger charge is -2.29. The van der Waals surface area contributed by atoms with Crippen LogP contribution in [-0.4, -0.2) is 45.0 Å². The predicted octanol–water partition coefficient (Wildman–Crippen LogP) is 0.258. The van der Waals surface area contributed by atoms with Crippen molar-refractivity contribution in [2.45, 2.75) is 32.0 Å². The van der Waals surface area contributed by atoms with Crippen LogP contribution in [0.5, 0.6) is 0 Å². The standard InChI is InChI=1S/C12H19BN2O4/c1-13(8-14)7-10(16)15-11(12(17)18-2)9-3-5-19-6-4-9/h9,11H,3-7H2,1-2H3,(H,15,16). The molecule has 0 aliphatic carbocycles. The third kappa shape index (κ3) is 4.91. The van der Waals surface area contributed by atoms with Gasteiger partial charge in [0.25, 0.3) is 6.71 Å². The Labute approximate surface area is 113 Å². The van der Waals surface area contributed by atoms with Crippen molar-refractivity contribution in [3.63, 3.8) is 0 Å². The molecule has 0 aromatic rings. The average Bonchev–Trinajstić information content (AvgIpc) is 2.44. The largest absolute Gasteiger partial charge is 0.467 e. The topological polar surface area (TPSA) is 88.4 Å². The Bertz CT molecular complexity index is 363. The number of nitrogens with zero attached hydrogens (tertiary/aromatic N) is 1. The first-order chi connectivity index (χ1) is 9.08. The summed E-state index contributed by atoms with van der Waals surface area (Å²) >= 11 is 0. The van der Waals surface area contributed by atoms with E-state index >= 15 is 0 Å². The average molecular weight is 266 g/mol. The molecule has 1 amide bonds. The number of ether oxygens (including phenoxy) is 2. The van der Waals surface area contributed by atoms with Crippen LogP contribution in [0, 0.1) is 17.1 Å². The van der Waals surface area contributed by atoms with Gasteiger partial charge in [0.15, 0.2) is 0 Å². The molecule has 0 aromatic carbocycles. The molecule has 19 heavy (non-hydrogen) atoms. The van der Waals surface area contributed by atoms with Crippen LogP contribution in [0.2, 0.25) is 13.1 Å². The molecule has 0 saturated carbocycles. The van der Waals surface area contributed by atoms with Crippen molar-refractivity contribution in [1.82, 2.24) is 5.32 Å². The van der Waals surface area contributed by atoms with E-state index in [0.29, 0.717) is 26.1 Å². The van der Waals surface area contributed by atoms with E-state index in [-0.39, 0.29) is 24.9 Å². The molecule has 1 saturated heterocycles. The summed E-state index contributed by atoms with van der Waals surface area (Å²) in [6.07, 6.45) is 1.52. The number of rotatable bonds is 5. The summed E-state index contributed by atoms with van der Waals surface area (Å²) in [7, 11) is 1.30. The second kappa shape index (κ2) is 7.79. The summed E-state index contributed by atoms with van der Waals surface area (Å²) in [4.78, 5) is 23.5. The summed E-state index contributed by atoms with van der Waals surface area (Å²) in [6, 6.07) is -0.646. The molecule has 7 heteroatoms. The maximum atomic E-state index is 11.8. The third-order valence-corrected chi connectivity index (χ3v) is 3.22. The normalized spacial score (nSPS) is 17.1. The molecule has 1 heterocycles. The molecule has 6 nitrogen and oxygen atoms in total. The molecule has 1 N–H and O–H groups in total. The number of carbonyl (C=O) groups excluding carboxylic acids is 2. The number of nitriles is 1. The van der Waals surface area contributed by atoms with E-state index in [9.17, 15) is 9.59 Å². The van der Waals surface area contributed by atoms with Gasteiger partial charge in [-0.2, -0.15) is 0 Å². The van der Waals surface area contributed by atoms with E-state index in [1.165, 1.54) is 7.11 Å². The van der Waals surface area contributed by atoms with Gasteiger partial charge in [-0.05, 0) is 18.8 Å². The highest BCUT2D eigenvalue weighted by Crippen LogP contribution is 2.20. The number of amides is 1. The summed E-state index contributed by atoms with van der Waals surface area (Å²) in [5, 5.41) is 11.4. The van der Waals surface area contributed by atoms with Gasteiger partial charge in [0.05, 0.1) is 7.11 Å². The van der Waals surface area contributed by atoms with Gasteiger partial charge in [-0.1, -0.05) is 6.82 Å². The Kier molecular flexibility index (Phi) is 6.36. The van der Waals surface area contributed by atoms with Gasteiger partial charge >= 0.3 is 5.97 Å². The van der Waals surface area contributed by atoms with Crippen LogP contribution in [0.25, 0.3) is 0 Å². The Balaban J connectivity index is 2.61. The molecule has 1 fully saturated rings. The lowest BCUT2D eigenvalue weighted by molar-refractivity contribution is -0.147. The van der Waals surface area contributed by atoms with Gasteiger partial charge in [0.1, 0.15) is 6.04 Å². The van der Waals surface area contributed by atoms with Crippen LogP contribution in [0.4, 0.5) is 0 Å². The lowest BCUT2D eigenvalue weighted by Crippen LogP contribution is -2.48. The van der Waals surface area contributed by atoms with Crippen molar-refractivity contribution in [2.24, 2.45) is 5.92 Å². The van der Waals surface area contributed by atoms with Gasteiger partial charge in [-0.15, -0.1) is 0 Å². The Morgan fingerprint density at radius 2 is 2.16 bits per heavy atom. The van der Waals surface area contributed by atoms with Gasteiger partial charge in [0.2, 0.25) is 5.91 Å². The van der Waals surface area contributed by atoms with Crippen molar-refractivity contribution < 1.29 is 19.1 Å². The fraction of sp³-hybridized carbons (Fsp3) is 0.750. The molecule has 1 rings (SSSR count). The van der Waals surface area contributed by atoms with Crippen LogP contribution in [0.1, 0.15) is 12.8 Å². The molecule has 0 spiro atoms. The minimum atomic E-state index is -0.646. The maximum Gasteiger partial charge on any atom is 0.328 e. The Morgan fingerprint density at radius 1 is 1.53 bits per heavy atom. The van der Waals surface area contributed by atoms with Crippen LogP contribution < -0.4 is 5.32 Å². The molecule has 1 unspecified atom stereocenters. The Hall–Kier alpha value is -1.55. The minimum absolute atomic E-state index is 0.0301. The fourth-order valence-electron chi connectivity index (χ4n) is 2.10. The summed E-state index contributed by atoms with van der Waals surface area (Å²) < 4.78 is 9.98. The number of nitrogens with one attached hydrogen (secondary N) is 1. The van der Waals surface area contributed by atoms with E-state index in [1.807, 2.05) is 5.97 Å². The van der Waals surface area contributed by atoms with Crippen LogP contribution in [0.3, 0.4) is 0 Å². The molecule has 1 aliphatic heterocycles. The van der Waals surface area contributed by atoms with Gasteiger partial charge in [0, 0.05) is 25.5 Å². The summed E-state index contributed by atoms with van der Waals surface area (Å²) in [6.45, 7) is 2.47. The van der Waals surface area contributed by atoms with Crippen molar-refractivity contribution in [2.75, 3.05) is 20.3 Å². The maximum absolute atomic E-state index is 11.8. The lowest BCUT2D eigenvalue weighted by atomic mass is 9.51. The zero-order valence-corrected chi connectivity index (χ0v) is 11.3. The molecule has 0 bridgehead atoms. The van der Waals surface area contributed by atoms with Gasteiger partial charge < -0.3 is 14.8 Å². The zero-order valence-electron chi connectivity index (χ0n) is 11.3. The van der Waals surface area contributed by atoms with E-state index in [1.54, 1.807) is 6.82 Å². The van der Waals surface area contributed by atoms with Gasteiger partial charge in [-0.3, -0.25) is 4.79 Å². The van der Waals surface area contributed by atoms with Crippen LogP contribution in [0.15, 0.2) is 0 Å². The molecule has 104 valence electrons. The first-order valence-corrected chi connectivity index (χ1v) is 6.43. The summed E-state index contributed by atoms with van der Waals surface area (Å²) in [5.41, 5.74) is 0. The minimum Gasteiger partial charge on any atom is -0.467 e. The second-order valence-corrected chi connectivity index (χ2v) is 4.75. The molecule has 0 aromatic heterocycles. The van der Waals surface area contributed by atoms with Crippen molar-refractivity contribution in [3.8, 4) is 5.97 Å². The second-order valence-electron chi connectivity index (χ2n) is 4.75. The van der Waals surface area contributed by atoms with E-state index in [4.69, 9.17) is 14.7 Å². The van der Waals surface area contributed by atoms with Gasteiger partial charge in [-0.25, -0.2) is 10.1 Å². The molecule has 1 atom stereocenters. The van der Waals surface area contributed by atoms with Crippen molar-refractivity contribution >= 4 is 18.6 Å². The first kappa shape index (κ1) is 15.5.